The van der Waals surface area contributed by atoms with Crippen LogP contribution in [0, 0.1) is 46.3 Å². The zero-order chi connectivity index (χ0) is 20.4. The van der Waals surface area contributed by atoms with Crippen LogP contribution in [0.3, 0.4) is 0 Å². The van der Waals surface area contributed by atoms with E-state index in [-0.39, 0.29) is 0 Å². The van der Waals surface area contributed by atoms with Crippen molar-refractivity contribution in [3.8, 4) is 0 Å². The standard InChI is InChI=1S/C27H44O2/c1-17(16-28)8-11-23-18(2)25-24(29-23)15-22-20-10-9-19-7-5-6-13-26(19,3)21(20)12-14-27(22,25)4/h17,19-22,24-25,28H,5-16H2,1-4H3/t17?,19?,20-,21+,22+,24+,25+,26+,27+/m1/s1. The third-order valence-corrected chi connectivity index (χ3v) is 11.0. The van der Waals surface area contributed by atoms with E-state index in [1.165, 1.54) is 63.5 Å². The first-order chi connectivity index (χ1) is 13.9. The molecule has 0 amide bonds. The Balaban J connectivity index is 1.37. The molecule has 4 fully saturated rings. The van der Waals surface area contributed by atoms with Gasteiger partial charge < -0.3 is 9.84 Å². The Morgan fingerprint density at radius 3 is 2.66 bits per heavy atom. The number of allylic oxidation sites excluding steroid dienone is 1. The van der Waals surface area contributed by atoms with E-state index in [0.717, 1.165) is 36.5 Å². The quantitative estimate of drug-likeness (QED) is 0.567. The van der Waals surface area contributed by atoms with Crippen LogP contribution in [0.4, 0.5) is 0 Å². The normalized spacial score (nSPS) is 49.7. The summed E-state index contributed by atoms with van der Waals surface area (Å²) < 4.78 is 6.66. The van der Waals surface area contributed by atoms with E-state index in [2.05, 4.69) is 27.7 Å². The highest BCUT2D eigenvalue weighted by atomic mass is 16.5. The summed E-state index contributed by atoms with van der Waals surface area (Å²) in [6.45, 7) is 10.1. The molecule has 4 aliphatic carbocycles. The summed E-state index contributed by atoms with van der Waals surface area (Å²) in [6.07, 6.45) is 15.7. The lowest BCUT2D eigenvalue weighted by molar-refractivity contribution is -0.108. The van der Waals surface area contributed by atoms with Gasteiger partial charge >= 0.3 is 0 Å². The number of aliphatic hydroxyl groups is 1. The second kappa shape index (κ2) is 7.28. The fourth-order valence-electron chi connectivity index (χ4n) is 9.35. The first-order valence-electron chi connectivity index (χ1n) is 12.9. The van der Waals surface area contributed by atoms with Gasteiger partial charge in [0.25, 0.3) is 0 Å². The predicted molar refractivity (Wildman–Crippen MR) is 118 cm³/mol. The van der Waals surface area contributed by atoms with Gasteiger partial charge in [0.15, 0.2) is 0 Å². The summed E-state index contributed by atoms with van der Waals surface area (Å²) >= 11 is 0. The van der Waals surface area contributed by atoms with E-state index in [1.54, 1.807) is 5.57 Å². The van der Waals surface area contributed by atoms with Gasteiger partial charge in [-0.2, -0.15) is 0 Å². The molecule has 1 heterocycles. The van der Waals surface area contributed by atoms with Crippen molar-refractivity contribution >= 4 is 0 Å². The molecule has 164 valence electrons. The Kier molecular flexibility index (Phi) is 5.12. The average Bonchev–Trinajstić information content (AvgIpc) is 3.19. The van der Waals surface area contributed by atoms with Crippen molar-refractivity contribution in [3.63, 3.8) is 0 Å². The first-order valence-corrected chi connectivity index (χ1v) is 12.9. The van der Waals surface area contributed by atoms with Crippen molar-refractivity contribution < 1.29 is 9.84 Å². The number of rotatable bonds is 4. The van der Waals surface area contributed by atoms with Crippen LogP contribution >= 0.6 is 0 Å². The van der Waals surface area contributed by atoms with E-state index in [0.29, 0.717) is 35.4 Å². The van der Waals surface area contributed by atoms with Gasteiger partial charge in [-0.3, -0.25) is 0 Å². The van der Waals surface area contributed by atoms with Gasteiger partial charge in [0.1, 0.15) is 6.10 Å². The summed E-state index contributed by atoms with van der Waals surface area (Å²) in [5, 5.41) is 9.39. The molecule has 0 saturated heterocycles. The highest BCUT2D eigenvalue weighted by Gasteiger charge is 2.64. The van der Waals surface area contributed by atoms with Gasteiger partial charge in [-0.1, -0.05) is 33.6 Å². The second-order valence-electron chi connectivity index (χ2n) is 12.2. The number of hydrogen-bond acceptors (Lipinski definition) is 2. The summed E-state index contributed by atoms with van der Waals surface area (Å²) in [7, 11) is 0. The lowest BCUT2D eigenvalue weighted by atomic mass is 9.44. The van der Waals surface area contributed by atoms with Crippen molar-refractivity contribution in [1.29, 1.82) is 0 Å². The maximum atomic E-state index is 9.39. The molecule has 2 unspecified atom stereocenters. The molecule has 4 saturated carbocycles. The van der Waals surface area contributed by atoms with Gasteiger partial charge in [-0.05, 0) is 104 Å². The largest absolute Gasteiger partial charge is 0.494 e. The van der Waals surface area contributed by atoms with E-state index < -0.39 is 0 Å². The van der Waals surface area contributed by atoms with Crippen LogP contribution in [0.15, 0.2) is 11.3 Å². The van der Waals surface area contributed by atoms with Crippen molar-refractivity contribution in [2.45, 2.75) is 104 Å². The molecule has 0 spiro atoms. The molecule has 0 aromatic heterocycles. The second-order valence-corrected chi connectivity index (χ2v) is 12.2. The first kappa shape index (κ1) is 20.4. The summed E-state index contributed by atoms with van der Waals surface area (Å²) in [5.74, 6) is 6.14. The maximum Gasteiger partial charge on any atom is 0.106 e. The summed E-state index contributed by atoms with van der Waals surface area (Å²) in [4.78, 5) is 0. The Morgan fingerprint density at radius 2 is 1.86 bits per heavy atom. The molecule has 0 aromatic rings. The van der Waals surface area contributed by atoms with Crippen molar-refractivity contribution in [2.24, 2.45) is 46.3 Å². The van der Waals surface area contributed by atoms with E-state index in [1.807, 2.05) is 0 Å². The zero-order valence-corrected chi connectivity index (χ0v) is 19.4. The molecule has 0 aromatic carbocycles. The van der Waals surface area contributed by atoms with Crippen LogP contribution in [0.2, 0.25) is 0 Å². The molecule has 0 radical (unpaired) electrons. The Morgan fingerprint density at radius 1 is 1.03 bits per heavy atom. The number of ether oxygens (including phenoxy) is 1. The van der Waals surface area contributed by atoms with Gasteiger partial charge in [0, 0.05) is 18.9 Å². The van der Waals surface area contributed by atoms with Crippen LogP contribution in [-0.2, 0) is 4.74 Å². The zero-order valence-electron chi connectivity index (χ0n) is 19.4. The van der Waals surface area contributed by atoms with Gasteiger partial charge in [-0.15, -0.1) is 0 Å². The van der Waals surface area contributed by atoms with Crippen molar-refractivity contribution in [3.05, 3.63) is 11.3 Å². The molecule has 1 N–H and O–H groups in total. The van der Waals surface area contributed by atoms with Gasteiger partial charge in [0.05, 0.1) is 5.76 Å². The van der Waals surface area contributed by atoms with E-state index in [9.17, 15) is 5.11 Å². The van der Waals surface area contributed by atoms with Crippen LogP contribution in [0.5, 0.6) is 0 Å². The third kappa shape index (κ3) is 2.98. The van der Waals surface area contributed by atoms with E-state index >= 15 is 0 Å². The smallest absolute Gasteiger partial charge is 0.106 e. The van der Waals surface area contributed by atoms with Crippen LogP contribution in [-0.4, -0.2) is 17.8 Å². The minimum atomic E-state index is 0.293. The third-order valence-electron chi connectivity index (χ3n) is 11.0. The lowest BCUT2D eigenvalue weighted by Crippen LogP contribution is -2.52. The highest BCUT2D eigenvalue weighted by Crippen LogP contribution is 2.69. The molecule has 2 nitrogen and oxygen atoms in total. The molecule has 2 heteroatoms. The number of hydrogen-bond donors (Lipinski definition) is 1. The monoisotopic (exact) mass is 400 g/mol. The molecule has 9 atom stereocenters. The van der Waals surface area contributed by atoms with Crippen molar-refractivity contribution in [1.82, 2.24) is 0 Å². The fraction of sp³-hybridized carbons (Fsp3) is 0.926. The molecule has 0 bridgehead atoms. The summed E-state index contributed by atoms with van der Waals surface area (Å²) in [6, 6.07) is 0. The fourth-order valence-corrected chi connectivity index (χ4v) is 9.35. The Bertz CT molecular complexity index is 667. The number of fused-ring (bicyclic) bond motifs is 7. The molecule has 29 heavy (non-hydrogen) atoms. The Labute approximate surface area is 178 Å². The minimum Gasteiger partial charge on any atom is -0.494 e. The molecular weight excluding hydrogens is 356 g/mol. The van der Waals surface area contributed by atoms with Crippen molar-refractivity contribution in [2.75, 3.05) is 6.61 Å². The SMILES string of the molecule is CC1=C(CCC(C)CO)O[C@H]2C[C@H]3[C@@H]4CCC5CCCC[C@]5(C)[C@H]4CC[C@]3(C)[C@@H]12. The summed E-state index contributed by atoms with van der Waals surface area (Å²) in [5.41, 5.74) is 2.66. The maximum absolute atomic E-state index is 9.39. The molecule has 1 aliphatic heterocycles. The minimum absolute atomic E-state index is 0.293. The van der Waals surface area contributed by atoms with Gasteiger partial charge in [0.2, 0.25) is 0 Å². The predicted octanol–water partition coefficient (Wildman–Crippen LogP) is 6.73. The number of aliphatic hydroxyl groups excluding tert-OH is 1. The highest BCUT2D eigenvalue weighted by molar-refractivity contribution is 5.26. The Hall–Kier alpha value is -0.500. The molecule has 5 rings (SSSR count). The molecular formula is C27H44O2. The molecule has 5 aliphatic rings. The van der Waals surface area contributed by atoms with Crippen LogP contribution in [0.25, 0.3) is 0 Å². The van der Waals surface area contributed by atoms with E-state index in [4.69, 9.17) is 4.74 Å². The lowest BCUT2D eigenvalue weighted by Gasteiger charge is -2.60. The van der Waals surface area contributed by atoms with Gasteiger partial charge in [-0.25, -0.2) is 0 Å². The topological polar surface area (TPSA) is 29.5 Å². The van der Waals surface area contributed by atoms with Crippen LogP contribution < -0.4 is 0 Å². The van der Waals surface area contributed by atoms with Crippen LogP contribution in [0.1, 0.15) is 98.3 Å². The average molecular weight is 401 g/mol.